The molecule has 0 saturated carbocycles. The van der Waals surface area contributed by atoms with E-state index in [-0.39, 0.29) is 18.1 Å². The molecule has 0 rings (SSSR count). The van der Waals surface area contributed by atoms with Crippen molar-refractivity contribution in [3.8, 4) is 0 Å². The summed E-state index contributed by atoms with van der Waals surface area (Å²) >= 11 is 0. The predicted octanol–water partition coefficient (Wildman–Crippen LogP) is 1.42. The molecule has 0 radical (unpaired) electrons. The zero-order chi connectivity index (χ0) is 12.9. The van der Waals surface area contributed by atoms with Crippen LogP contribution in [-0.4, -0.2) is 47.3 Å². The average Bonchev–Trinajstić information content (AvgIpc) is 2.10. The second kappa shape index (κ2) is 6.21. The highest BCUT2D eigenvalue weighted by atomic mass is 16.6. The number of aliphatic hydroxyl groups excluding tert-OH is 1. The molecule has 0 bridgehead atoms. The third-order valence-corrected chi connectivity index (χ3v) is 2.31. The summed E-state index contributed by atoms with van der Waals surface area (Å²) in [6.07, 6.45) is 0.317. The van der Waals surface area contributed by atoms with E-state index in [9.17, 15) is 4.79 Å². The van der Waals surface area contributed by atoms with Crippen molar-refractivity contribution in [1.29, 1.82) is 0 Å². The molecule has 4 heteroatoms. The summed E-state index contributed by atoms with van der Waals surface area (Å²) in [5, 5.41) is 9.17. The number of ether oxygens (including phenoxy) is 1. The van der Waals surface area contributed by atoms with Gasteiger partial charge in [-0.2, -0.15) is 0 Å². The van der Waals surface area contributed by atoms with Gasteiger partial charge in [0.2, 0.25) is 0 Å². The summed E-state index contributed by atoms with van der Waals surface area (Å²) in [7, 11) is 1.86. The number of carbonyl (C=O) groups excluding carboxylic acids is 1. The molecule has 2 unspecified atom stereocenters. The Balaban J connectivity index is 4.12. The van der Waals surface area contributed by atoms with E-state index in [2.05, 4.69) is 0 Å². The molecule has 0 aromatic rings. The van der Waals surface area contributed by atoms with E-state index in [0.717, 1.165) is 0 Å². The molecule has 2 atom stereocenters. The van der Waals surface area contributed by atoms with Gasteiger partial charge < -0.3 is 9.84 Å². The molecule has 0 saturated heterocycles. The molecule has 0 aliphatic rings. The Kier molecular flexibility index (Phi) is 5.97. The standard InChI is InChI=1S/C12H25NO3/c1-9(14)7-8-13(6)10(2)11(15)16-12(3,4)5/h9-10,14H,7-8H2,1-6H3. The van der Waals surface area contributed by atoms with Crippen molar-refractivity contribution in [2.45, 2.75) is 58.8 Å². The molecule has 0 heterocycles. The quantitative estimate of drug-likeness (QED) is 0.727. The van der Waals surface area contributed by atoms with E-state index in [1.807, 2.05) is 39.6 Å². The molecule has 0 fully saturated rings. The second-order valence-electron chi connectivity index (χ2n) is 5.33. The van der Waals surface area contributed by atoms with Crippen LogP contribution in [0.1, 0.15) is 41.0 Å². The van der Waals surface area contributed by atoms with Gasteiger partial charge in [-0.3, -0.25) is 9.69 Å². The van der Waals surface area contributed by atoms with Crippen molar-refractivity contribution in [2.75, 3.05) is 13.6 Å². The first-order valence-corrected chi connectivity index (χ1v) is 5.74. The van der Waals surface area contributed by atoms with Gasteiger partial charge in [0.1, 0.15) is 11.6 Å². The van der Waals surface area contributed by atoms with Crippen LogP contribution in [0.15, 0.2) is 0 Å². The highest BCUT2D eigenvalue weighted by molar-refractivity contribution is 5.75. The lowest BCUT2D eigenvalue weighted by molar-refractivity contribution is -0.160. The van der Waals surface area contributed by atoms with Gasteiger partial charge in [0, 0.05) is 6.54 Å². The Morgan fingerprint density at radius 2 is 1.88 bits per heavy atom. The van der Waals surface area contributed by atoms with Crippen LogP contribution in [0.25, 0.3) is 0 Å². The first-order valence-electron chi connectivity index (χ1n) is 5.74. The van der Waals surface area contributed by atoms with Crippen LogP contribution in [-0.2, 0) is 9.53 Å². The number of nitrogens with zero attached hydrogens (tertiary/aromatic N) is 1. The van der Waals surface area contributed by atoms with Crippen molar-refractivity contribution >= 4 is 5.97 Å². The van der Waals surface area contributed by atoms with Crippen molar-refractivity contribution in [3.05, 3.63) is 0 Å². The predicted molar refractivity (Wildman–Crippen MR) is 64.2 cm³/mol. The van der Waals surface area contributed by atoms with Crippen molar-refractivity contribution in [2.24, 2.45) is 0 Å². The second-order valence-corrected chi connectivity index (χ2v) is 5.33. The molecular weight excluding hydrogens is 206 g/mol. The molecule has 0 spiro atoms. The highest BCUT2D eigenvalue weighted by Crippen LogP contribution is 2.10. The van der Waals surface area contributed by atoms with Crippen LogP contribution in [0.4, 0.5) is 0 Å². The van der Waals surface area contributed by atoms with Crippen LogP contribution in [0, 0.1) is 0 Å². The SMILES string of the molecule is CC(O)CCN(C)C(C)C(=O)OC(C)(C)C. The lowest BCUT2D eigenvalue weighted by Gasteiger charge is -2.27. The Morgan fingerprint density at radius 3 is 2.25 bits per heavy atom. The van der Waals surface area contributed by atoms with Crippen molar-refractivity contribution in [1.82, 2.24) is 4.90 Å². The number of hydrogen-bond donors (Lipinski definition) is 1. The fourth-order valence-corrected chi connectivity index (χ4v) is 1.15. The monoisotopic (exact) mass is 231 g/mol. The fourth-order valence-electron chi connectivity index (χ4n) is 1.15. The largest absolute Gasteiger partial charge is 0.459 e. The van der Waals surface area contributed by atoms with Crippen LogP contribution in [0.2, 0.25) is 0 Å². The van der Waals surface area contributed by atoms with Crippen LogP contribution < -0.4 is 0 Å². The molecule has 16 heavy (non-hydrogen) atoms. The van der Waals surface area contributed by atoms with E-state index >= 15 is 0 Å². The minimum Gasteiger partial charge on any atom is -0.459 e. The van der Waals surface area contributed by atoms with Crippen LogP contribution >= 0.6 is 0 Å². The lowest BCUT2D eigenvalue weighted by atomic mass is 10.2. The summed E-state index contributed by atoms with van der Waals surface area (Å²) in [6.45, 7) is 9.80. The van der Waals surface area contributed by atoms with Gasteiger partial charge >= 0.3 is 5.97 Å². The number of carbonyl (C=O) groups is 1. The van der Waals surface area contributed by atoms with E-state index in [1.54, 1.807) is 6.92 Å². The van der Waals surface area contributed by atoms with E-state index < -0.39 is 5.60 Å². The number of rotatable bonds is 5. The lowest BCUT2D eigenvalue weighted by Crippen LogP contribution is -2.41. The van der Waals surface area contributed by atoms with Crippen molar-refractivity contribution < 1.29 is 14.6 Å². The maximum absolute atomic E-state index is 11.7. The topological polar surface area (TPSA) is 49.8 Å². The third kappa shape index (κ3) is 6.80. The van der Waals surface area contributed by atoms with E-state index in [1.165, 1.54) is 0 Å². The van der Waals surface area contributed by atoms with Gasteiger partial charge in [-0.1, -0.05) is 0 Å². The fraction of sp³-hybridized carbons (Fsp3) is 0.917. The number of aliphatic hydroxyl groups is 1. The minimum absolute atomic E-state index is 0.222. The highest BCUT2D eigenvalue weighted by Gasteiger charge is 2.24. The Morgan fingerprint density at radius 1 is 1.38 bits per heavy atom. The minimum atomic E-state index is -0.448. The number of hydrogen-bond acceptors (Lipinski definition) is 4. The van der Waals surface area contributed by atoms with Crippen LogP contribution in [0.3, 0.4) is 0 Å². The summed E-state index contributed by atoms with van der Waals surface area (Å²) in [4.78, 5) is 13.6. The molecular formula is C12H25NO3. The van der Waals surface area contributed by atoms with Gasteiger partial charge in [0.05, 0.1) is 6.10 Å². The summed E-state index contributed by atoms with van der Waals surface area (Å²) in [5.74, 6) is -0.222. The molecule has 0 aliphatic heterocycles. The van der Waals surface area contributed by atoms with Gasteiger partial charge in [0.25, 0.3) is 0 Å². The van der Waals surface area contributed by atoms with E-state index in [0.29, 0.717) is 13.0 Å². The summed E-state index contributed by atoms with van der Waals surface area (Å²) < 4.78 is 5.28. The Hall–Kier alpha value is -0.610. The maximum Gasteiger partial charge on any atom is 0.323 e. The van der Waals surface area contributed by atoms with Gasteiger partial charge in [-0.05, 0) is 48.1 Å². The van der Waals surface area contributed by atoms with E-state index in [4.69, 9.17) is 9.84 Å². The first kappa shape index (κ1) is 15.4. The molecule has 0 aromatic carbocycles. The molecule has 1 N–H and O–H groups in total. The normalized spacial score (nSPS) is 16.0. The van der Waals surface area contributed by atoms with Gasteiger partial charge in [-0.25, -0.2) is 0 Å². The number of esters is 1. The molecule has 96 valence electrons. The first-order chi connectivity index (χ1) is 7.13. The van der Waals surface area contributed by atoms with Crippen molar-refractivity contribution in [3.63, 3.8) is 0 Å². The zero-order valence-corrected chi connectivity index (χ0v) is 11.3. The third-order valence-electron chi connectivity index (χ3n) is 2.31. The van der Waals surface area contributed by atoms with Gasteiger partial charge in [-0.15, -0.1) is 0 Å². The van der Waals surface area contributed by atoms with Gasteiger partial charge in [0.15, 0.2) is 0 Å². The molecule has 0 aliphatic carbocycles. The summed E-state index contributed by atoms with van der Waals surface area (Å²) in [5.41, 5.74) is -0.448. The maximum atomic E-state index is 11.7. The molecule has 0 amide bonds. The Bertz CT molecular complexity index is 221. The molecule has 0 aromatic heterocycles. The molecule has 4 nitrogen and oxygen atoms in total. The zero-order valence-electron chi connectivity index (χ0n) is 11.3. The Labute approximate surface area is 98.6 Å². The number of likely N-dealkylation sites (N-methyl/N-ethyl adjacent to an activating group) is 1. The average molecular weight is 231 g/mol. The summed E-state index contributed by atoms with van der Waals surface area (Å²) in [6, 6.07) is -0.280. The van der Waals surface area contributed by atoms with Crippen LogP contribution in [0.5, 0.6) is 0 Å². The smallest absolute Gasteiger partial charge is 0.323 e.